The van der Waals surface area contributed by atoms with Gasteiger partial charge < -0.3 is 0 Å². The molecule has 1 atom stereocenters. The first-order valence-electron chi connectivity index (χ1n) is 4.83. The number of rotatable bonds is 5. The van der Waals surface area contributed by atoms with Crippen LogP contribution in [0.3, 0.4) is 0 Å². The Balaban J connectivity index is 2.19. The summed E-state index contributed by atoms with van der Waals surface area (Å²) >= 11 is 7.96. The molecule has 0 saturated carbocycles. The number of hydrogen-bond donors (Lipinski definition) is 0. The Hall–Kier alpha value is -0.0100. The maximum absolute atomic E-state index is 6.20. The summed E-state index contributed by atoms with van der Waals surface area (Å²) in [4.78, 5) is 0. The van der Waals surface area contributed by atoms with Gasteiger partial charge >= 0.3 is 0 Å². The first-order chi connectivity index (χ1) is 6.18. The van der Waals surface area contributed by atoms with Gasteiger partial charge in [0.1, 0.15) is 0 Å². The molecule has 0 nitrogen and oxygen atoms in total. The topological polar surface area (TPSA) is 0 Å². The normalized spacial score (nSPS) is 13.5. The smallest absolute Gasteiger partial charge is 0.0341 e. The van der Waals surface area contributed by atoms with Gasteiger partial charge in [-0.05, 0) is 47.6 Å². The van der Waals surface area contributed by atoms with Crippen molar-refractivity contribution in [3.63, 3.8) is 0 Å². The molecule has 1 rings (SSSR count). The number of halogens is 1. The van der Waals surface area contributed by atoms with Crippen LogP contribution in [0.2, 0.25) is 0 Å². The van der Waals surface area contributed by atoms with Crippen molar-refractivity contribution in [2.75, 3.05) is 0 Å². The first kappa shape index (κ1) is 11.1. The van der Waals surface area contributed by atoms with Gasteiger partial charge in [0.05, 0.1) is 0 Å². The van der Waals surface area contributed by atoms with E-state index in [4.69, 9.17) is 11.6 Å². The summed E-state index contributed by atoms with van der Waals surface area (Å²) in [5.74, 6) is 0.713. The molecule has 0 bridgehead atoms. The molecule has 0 N–H and O–H groups in total. The van der Waals surface area contributed by atoms with Crippen LogP contribution >= 0.6 is 22.9 Å². The van der Waals surface area contributed by atoms with Gasteiger partial charge in [-0.3, -0.25) is 0 Å². The fourth-order valence-corrected chi connectivity index (χ4v) is 2.56. The maximum Gasteiger partial charge on any atom is 0.0341 e. The molecular formula is C11H17ClS. The van der Waals surface area contributed by atoms with Crippen molar-refractivity contribution < 1.29 is 0 Å². The molecule has 1 unspecified atom stereocenters. The molecule has 1 aromatic heterocycles. The van der Waals surface area contributed by atoms with Crippen molar-refractivity contribution in [2.24, 2.45) is 5.92 Å². The van der Waals surface area contributed by atoms with E-state index in [9.17, 15) is 0 Å². The minimum atomic E-state index is 0.347. The van der Waals surface area contributed by atoms with Crippen molar-refractivity contribution in [3.8, 4) is 0 Å². The van der Waals surface area contributed by atoms with Crippen LogP contribution in [0.4, 0.5) is 0 Å². The highest BCUT2D eigenvalue weighted by molar-refractivity contribution is 7.07. The lowest BCUT2D eigenvalue weighted by atomic mass is 10.0. The lowest BCUT2D eigenvalue weighted by Gasteiger charge is -2.10. The van der Waals surface area contributed by atoms with E-state index in [1.165, 1.54) is 5.56 Å². The molecule has 0 aliphatic rings. The molecule has 0 aromatic carbocycles. The van der Waals surface area contributed by atoms with Crippen molar-refractivity contribution in [3.05, 3.63) is 22.4 Å². The average molecular weight is 217 g/mol. The van der Waals surface area contributed by atoms with E-state index < -0.39 is 0 Å². The SMILES string of the molecule is CC(C)CC(Cl)CCc1ccsc1. The van der Waals surface area contributed by atoms with Gasteiger partial charge in [0.2, 0.25) is 0 Å². The molecule has 1 aromatic rings. The van der Waals surface area contributed by atoms with Crippen LogP contribution in [0.1, 0.15) is 32.3 Å². The van der Waals surface area contributed by atoms with Gasteiger partial charge in [-0.15, -0.1) is 11.6 Å². The Morgan fingerprint density at radius 1 is 1.46 bits per heavy atom. The molecular weight excluding hydrogens is 200 g/mol. The van der Waals surface area contributed by atoms with Crippen molar-refractivity contribution in [2.45, 2.75) is 38.5 Å². The summed E-state index contributed by atoms with van der Waals surface area (Å²) < 4.78 is 0. The first-order valence-corrected chi connectivity index (χ1v) is 6.21. The van der Waals surface area contributed by atoms with Gasteiger partial charge in [-0.25, -0.2) is 0 Å². The predicted molar refractivity (Wildman–Crippen MR) is 61.7 cm³/mol. The van der Waals surface area contributed by atoms with Gasteiger partial charge in [0, 0.05) is 5.38 Å². The van der Waals surface area contributed by atoms with Crippen LogP contribution in [-0.2, 0) is 6.42 Å². The van der Waals surface area contributed by atoms with Crippen LogP contribution in [0.25, 0.3) is 0 Å². The zero-order chi connectivity index (χ0) is 9.68. The number of alkyl halides is 1. The van der Waals surface area contributed by atoms with Crippen molar-refractivity contribution >= 4 is 22.9 Å². The van der Waals surface area contributed by atoms with Crippen molar-refractivity contribution in [1.82, 2.24) is 0 Å². The highest BCUT2D eigenvalue weighted by Crippen LogP contribution is 2.17. The summed E-state index contributed by atoms with van der Waals surface area (Å²) in [5.41, 5.74) is 1.43. The van der Waals surface area contributed by atoms with E-state index in [-0.39, 0.29) is 0 Å². The van der Waals surface area contributed by atoms with Crippen molar-refractivity contribution in [1.29, 1.82) is 0 Å². The molecule has 74 valence electrons. The van der Waals surface area contributed by atoms with Crippen LogP contribution in [0.5, 0.6) is 0 Å². The molecule has 0 radical (unpaired) electrons. The molecule has 0 amide bonds. The zero-order valence-corrected chi connectivity index (χ0v) is 9.87. The minimum absolute atomic E-state index is 0.347. The highest BCUT2D eigenvalue weighted by Gasteiger charge is 2.07. The fraction of sp³-hybridized carbons (Fsp3) is 0.636. The third kappa shape index (κ3) is 4.68. The van der Waals surface area contributed by atoms with E-state index in [0.717, 1.165) is 19.3 Å². The maximum atomic E-state index is 6.20. The highest BCUT2D eigenvalue weighted by atomic mass is 35.5. The van der Waals surface area contributed by atoms with Gasteiger partial charge in [0.15, 0.2) is 0 Å². The van der Waals surface area contributed by atoms with Gasteiger partial charge in [0.25, 0.3) is 0 Å². The third-order valence-corrected chi connectivity index (χ3v) is 3.18. The molecule has 0 fully saturated rings. The second-order valence-electron chi connectivity index (χ2n) is 3.90. The number of thiophene rings is 1. The molecule has 0 aliphatic carbocycles. The quantitative estimate of drug-likeness (QED) is 0.643. The molecule has 0 spiro atoms. The summed E-state index contributed by atoms with van der Waals surface area (Å²) in [7, 11) is 0. The summed E-state index contributed by atoms with van der Waals surface area (Å²) in [6.07, 6.45) is 3.37. The van der Waals surface area contributed by atoms with Gasteiger partial charge in [-0.2, -0.15) is 11.3 Å². The van der Waals surface area contributed by atoms with Crippen LogP contribution in [-0.4, -0.2) is 5.38 Å². The molecule has 2 heteroatoms. The largest absolute Gasteiger partial charge is 0.152 e. The Morgan fingerprint density at radius 3 is 2.77 bits per heavy atom. The third-order valence-electron chi connectivity index (χ3n) is 2.05. The number of aryl methyl sites for hydroxylation is 1. The standard InChI is InChI=1S/C11H17ClS/c1-9(2)7-11(12)4-3-10-5-6-13-8-10/h5-6,8-9,11H,3-4,7H2,1-2H3. The van der Waals surface area contributed by atoms with E-state index in [0.29, 0.717) is 11.3 Å². The second kappa shape index (κ2) is 5.66. The Morgan fingerprint density at radius 2 is 2.23 bits per heavy atom. The lowest BCUT2D eigenvalue weighted by molar-refractivity contribution is 0.544. The van der Waals surface area contributed by atoms with Gasteiger partial charge in [-0.1, -0.05) is 13.8 Å². The Kier molecular flexibility index (Phi) is 4.82. The monoisotopic (exact) mass is 216 g/mol. The van der Waals surface area contributed by atoms with E-state index in [1.807, 2.05) is 0 Å². The molecule has 0 aliphatic heterocycles. The van der Waals surface area contributed by atoms with Crippen LogP contribution in [0, 0.1) is 5.92 Å². The number of hydrogen-bond acceptors (Lipinski definition) is 1. The summed E-state index contributed by atoms with van der Waals surface area (Å²) in [6, 6.07) is 2.18. The molecule has 13 heavy (non-hydrogen) atoms. The zero-order valence-electron chi connectivity index (χ0n) is 8.29. The molecule has 0 saturated heterocycles. The average Bonchev–Trinajstić information content (AvgIpc) is 2.51. The second-order valence-corrected chi connectivity index (χ2v) is 5.29. The van der Waals surface area contributed by atoms with E-state index in [1.54, 1.807) is 11.3 Å². The van der Waals surface area contributed by atoms with E-state index >= 15 is 0 Å². The minimum Gasteiger partial charge on any atom is -0.152 e. The fourth-order valence-electron chi connectivity index (χ4n) is 1.39. The van der Waals surface area contributed by atoms with E-state index in [2.05, 4.69) is 30.7 Å². The van der Waals surface area contributed by atoms with Crippen LogP contribution in [0.15, 0.2) is 16.8 Å². The summed E-state index contributed by atoms with van der Waals surface area (Å²) in [5, 5.41) is 4.68. The predicted octanol–water partition coefficient (Wildman–Crippen LogP) is 4.33. The molecule has 1 heterocycles. The summed E-state index contributed by atoms with van der Waals surface area (Å²) in [6.45, 7) is 4.44. The lowest BCUT2D eigenvalue weighted by Crippen LogP contribution is -2.04. The Bertz CT molecular complexity index is 216. The Labute approximate surface area is 89.9 Å². The van der Waals surface area contributed by atoms with Crippen LogP contribution < -0.4 is 0 Å².